The summed E-state index contributed by atoms with van der Waals surface area (Å²) in [7, 11) is -3.61. The average Bonchev–Trinajstić information content (AvgIpc) is 3.46. The summed E-state index contributed by atoms with van der Waals surface area (Å²) in [4.78, 5) is 14.8. The number of ether oxygens (including phenoxy) is 1. The number of carbonyl (C=O) groups excluding carboxylic acids is 1. The first-order valence-corrected chi connectivity index (χ1v) is 11.8. The number of hydrogen-bond donors (Lipinski definition) is 0. The molecular formula is C20H19N3O5S2. The Morgan fingerprint density at radius 3 is 2.63 bits per heavy atom. The van der Waals surface area contributed by atoms with E-state index in [9.17, 15) is 13.2 Å². The highest BCUT2D eigenvalue weighted by Crippen LogP contribution is 2.35. The minimum absolute atomic E-state index is 0.0986. The third-order valence-corrected chi connectivity index (χ3v) is 8.91. The summed E-state index contributed by atoms with van der Waals surface area (Å²) >= 11 is 1.16. The Labute approximate surface area is 177 Å². The number of hydrogen-bond acceptors (Lipinski definition) is 7. The number of nitrogens with zero attached hydrogens (tertiary/aromatic N) is 3. The van der Waals surface area contributed by atoms with Gasteiger partial charge in [-0.25, -0.2) is 13.2 Å². The molecule has 156 valence electrons. The molecule has 30 heavy (non-hydrogen) atoms. The number of benzene rings is 1. The molecule has 1 saturated heterocycles. The Kier molecular flexibility index (Phi) is 4.84. The van der Waals surface area contributed by atoms with Crippen LogP contribution in [0.25, 0.3) is 10.6 Å². The number of sulfonamides is 1. The van der Waals surface area contributed by atoms with Crippen molar-refractivity contribution in [3.63, 3.8) is 0 Å². The number of amides is 1. The third-order valence-electron chi connectivity index (χ3n) is 5.44. The zero-order chi connectivity index (χ0) is 20.7. The van der Waals surface area contributed by atoms with Crippen LogP contribution < -0.4 is 4.90 Å². The van der Waals surface area contributed by atoms with Gasteiger partial charge >= 0.3 is 6.09 Å². The Morgan fingerprint density at radius 1 is 1.07 bits per heavy atom. The molecule has 5 rings (SSSR count). The van der Waals surface area contributed by atoms with Crippen LogP contribution in [0.2, 0.25) is 0 Å². The van der Waals surface area contributed by atoms with E-state index in [2.05, 4.69) is 5.16 Å². The van der Waals surface area contributed by atoms with Crippen LogP contribution in [0.1, 0.15) is 18.4 Å². The molecule has 2 aliphatic rings. The van der Waals surface area contributed by atoms with Crippen molar-refractivity contribution in [2.75, 3.05) is 18.0 Å². The molecule has 2 aromatic heterocycles. The van der Waals surface area contributed by atoms with Crippen molar-refractivity contribution in [1.29, 1.82) is 0 Å². The number of rotatable bonds is 4. The van der Waals surface area contributed by atoms with Crippen molar-refractivity contribution in [1.82, 2.24) is 9.46 Å². The Hall–Kier alpha value is -2.69. The van der Waals surface area contributed by atoms with Crippen LogP contribution in [0.5, 0.6) is 0 Å². The van der Waals surface area contributed by atoms with Crippen LogP contribution in [-0.4, -0.2) is 43.1 Å². The fourth-order valence-corrected chi connectivity index (χ4v) is 6.81. The zero-order valence-electron chi connectivity index (χ0n) is 15.9. The molecule has 2 aliphatic heterocycles. The third kappa shape index (κ3) is 3.30. The predicted molar refractivity (Wildman–Crippen MR) is 111 cm³/mol. The summed E-state index contributed by atoms with van der Waals surface area (Å²) in [5, 5.41) is 3.66. The number of carbonyl (C=O) groups is 1. The van der Waals surface area contributed by atoms with Crippen LogP contribution >= 0.6 is 11.3 Å². The van der Waals surface area contributed by atoms with E-state index in [-0.39, 0.29) is 23.0 Å². The van der Waals surface area contributed by atoms with E-state index in [1.54, 1.807) is 23.1 Å². The fraction of sp³-hybridized carbons (Fsp3) is 0.300. The molecule has 0 radical (unpaired) electrons. The monoisotopic (exact) mass is 445 g/mol. The molecule has 0 unspecified atom stereocenters. The molecule has 1 aromatic carbocycles. The van der Waals surface area contributed by atoms with Crippen molar-refractivity contribution >= 4 is 33.1 Å². The molecule has 0 saturated carbocycles. The molecule has 0 bridgehead atoms. The standard InChI is InChI=1S/C20H19N3O5S2/c24-20-23(16-4-2-1-3-14(16)13-27-20)15-8-11-22(12-9-15)30(25,26)19-6-5-18(29-19)17-7-10-21-28-17/h1-7,10,15H,8-9,11-13H2. The number of fused-ring (bicyclic) bond motifs is 1. The van der Waals surface area contributed by atoms with Gasteiger partial charge < -0.3 is 9.26 Å². The molecule has 10 heteroatoms. The average molecular weight is 446 g/mol. The number of cyclic esters (lactones) is 1. The molecule has 1 amide bonds. The quantitative estimate of drug-likeness (QED) is 0.608. The lowest BCUT2D eigenvalue weighted by atomic mass is 10.0. The van der Waals surface area contributed by atoms with Gasteiger partial charge in [0, 0.05) is 30.8 Å². The van der Waals surface area contributed by atoms with Gasteiger partial charge in [-0.2, -0.15) is 4.31 Å². The van der Waals surface area contributed by atoms with E-state index >= 15 is 0 Å². The first-order chi connectivity index (χ1) is 14.5. The Balaban J connectivity index is 1.32. The molecule has 0 aliphatic carbocycles. The topological polar surface area (TPSA) is 93.0 Å². The van der Waals surface area contributed by atoms with Crippen molar-refractivity contribution < 1.29 is 22.5 Å². The lowest BCUT2D eigenvalue weighted by Crippen LogP contribution is -2.50. The van der Waals surface area contributed by atoms with Crippen LogP contribution in [0, 0.1) is 0 Å². The maximum absolute atomic E-state index is 13.1. The van der Waals surface area contributed by atoms with Gasteiger partial charge in [-0.15, -0.1) is 11.3 Å². The first-order valence-electron chi connectivity index (χ1n) is 9.59. The van der Waals surface area contributed by atoms with Crippen LogP contribution in [0.4, 0.5) is 10.5 Å². The number of aromatic nitrogens is 1. The van der Waals surface area contributed by atoms with Gasteiger partial charge in [0.15, 0.2) is 5.76 Å². The first kappa shape index (κ1) is 19.3. The maximum atomic E-state index is 13.1. The number of anilines is 1. The summed E-state index contributed by atoms with van der Waals surface area (Å²) in [6.45, 7) is 0.952. The van der Waals surface area contributed by atoms with Crippen molar-refractivity contribution in [3.8, 4) is 10.6 Å². The van der Waals surface area contributed by atoms with Crippen LogP contribution in [-0.2, 0) is 21.4 Å². The fourth-order valence-electron chi connectivity index (χ4n) is 3.92. The van der Waals surface area contributed by atoms with Gasteiger partial charge in [0.05, 0.1) is 16.8 Å². The highest BCUT2D eigenvalue weighted by atomic mass is 32.2. The summed E-state index contributed by atoms with van der Waals surface area (Å²) in [6.07, 6.45) is 2.24. The van der Waals surface area contributed by atoms with Gasteiger partial charge in [-0.1, -0.05) is 23.4 Å². The lowest BCUT2D eigenvalue weighted by molar-refractivity contribution is 0.136. The summed E-state index contributed by atoms with van der Waals surface area (Å²) in [5.74, 6) is 0.544. The second-order valence-electron chi connectivity index (χ2n) is 7.18. The van der Waals surface area contributed by atoms with Crippen LogP contribution in [0.15, 0.2) is 57.4 Å². The van der Waals surface area contributed by atoms with Gasteiger partial charge in [-0.05, 0) is 31.0 Å². The van der Waals surface area contributed by atoms with Crippen molar-refractivity contribution in [3.05, 3.63) is 54.2 Å². The van der Waals surface area contributed by atoms with E-state index in [0.29, 0.717) is 36.6 Å². The molecule has 3 aromatic rings. The molecular weight excluding hydrogens is 426 g/mol. The van der Waals surface area contributed by atoms with E-state index in [4.69, 9.17) is 9.26 Å². The lowest BCUT2D eigenvalue weighted by Gasteiger charge is -2.39. The van der Waals surface area contributed by atoms with E-state index in [1.807, 2.05) is 24.3 Å². The van der Waals surface area contributed by atoms with Gasteiger partial charge in [0.2, 0.25) is 0 Å². The van der Waals surface area contributed by atoms with Gasteiger partial charge in [-0.3, -0.25) is 4.90 Å². The maximum Gasteiger partial charge on any atom is 0.414 e. The van der Waals surface area contributed by atoms with Gasteiger partial charge in [0.25, 0.3) is 10.0 Å². The molecule has 0 spiro atoms. The summed E-state index contributed by atoms with van der Waals surface area (Å²) < 4.78 is 38.4. The zero-order valence-corrected chi connectivity index (χ0v) is 17.6. The predicted octanol–water partition coefficient (Wildman–Crippen LogP) is 3.71. The molecule has 1 fully saturated rings. The Bertz CT molecular complexity index is 1160. The van der Waals surface area contributed by atoms with Crippen LogP contribution in [0.3, 0.4) is 0 Å². The molecule has 0 N–H and O–H groups in total. The SMILES string of the molecule is O=C1OCc2ccccc2N1C1CCN(S(=O)(=O)c2ccc(-c3ccno3)s2)CC1. The number of para-hydroxylation sites is 1. The van der Waals surface area contributed by atoms with E-state index < -0.39 is 10.0 Å². The Morgan fingerprint density at radius 2 is 1.87 bits per heavy atom. The normalized spacial score (nSPS) is 18.3. The number of piperidine rings is 1. The van der Waals surface area contributed by atoms with E-state index in [0.717, 1.165) is 22.6 Å². The van der Waals surface area contributed by atoms with Crippen molar-refractivity contribution in [2.45, 2.75) is 29.7 Å². The largest absolute Gasteiger partial charge is 0.444 e. The molecule has 4 heterocycles. The minimum Gasteiger partial charge on any atom is -0.444 e. The highest BCUT2D eigenvalue weighted by molar-refractivity contribution is 7.91. The number of thiophene rings is 1. The summed E-state index contributed by atoms with van der Waals surface area (Å²) in [6, 6.07) is 12.6. The second kappa shape index (κ2) is 7.53. The van der Waals surface area contributed by atoms with E-state index in [1.165, 1.54) is 10.5 Å². The second-order valence-corrected chi connectivity index (χ2v) is 10.4. The van der Waals surface area contributed by atoms with Gasteiger partial charge in [0.1, 0.15) is 10.8 Å². The smallest absolute Gasteiger partial charge is 0.414 e. The highest BCUT2D eigenvalue weighted by Gasteiger charge is 2.37. The van der Waals surface area contributed by atoms with Crippen molar-refractivity contribution in [2.24, 2.45) is 0 Å². The minimum atomic E-state index is -3.61. The molecule has 8 nitrogen and oxygen atoms in total. The summed E-state index contributed by atoms with van der Waals surface area (Å²) in [5.41, 5.74) is 1.82. The molecule has 0 atom stereocenters.